The molecule has 0 saturated carbocycles. The van der Waals surface area contributed by atoms with Crippen molar-refractivity contribution < 1.29 is 52.0 Å². The number of carbonyl (C=O) groups excluding carboxylic acids is 3. The third kappa shape index (κ3) is 14.4. The maximum atomic E-state index is 14.4. The topological polar surface area (TPSA) is 148 Å². The van der Waals surface area contributed by atoms with Crippen LogP contribution in [-0.2, 0) is 48.7 Å². The highest BCUT2D eigenvalue weighted by molar-refractivity contribution is 8.04. The molecule has 16 heteroatoms. The van der Waals surface area contributed by atoms with E-state index in [2.05, 4.69) is 108 Å². The van der Waals surface area contributed by atoms with Crippen LogP contribution in [0.25, 0.3) is 0 Å². The molecule has 1 aromatic carbocycles. The van der Waals surface area contributed by atoms with Gasteiger partial charge in [-0.2, -0.15) is 0 Å². The smallest absolute Gasteiger partial charge is 0.408 e. The number of esters is 2. The summed E-state index contributed by atoms with van der Waals surface area (Å²) in [6.07, 6.45) is -4.90. The van der Waals surface area contributed by atoms with Crippen molar-refractivity contribution in [3.8, 4) is 0 Å². The Morgan fingerprint density at radius 3 is 1.84 bits per heavy atom. The predicted octanol–water partition coefficient (Wildman–Crippen LogP) is 11.1. The van der Waals surface area contributed by atoms with Crippen molar-refractivity contribution >= 4 is 54.5 Å². The maximum absolute atomic E-state index is 14.4. The standard InChI is InChI=1S/C47H83NO11SSi3/c1-29(2)62(30(3)4,31(5)6)55-28-38-39(49)40(59-63(32(7)8,33(9)10)34(11)12)42-45(57-38)56-37(41(60-42)44(51)53-24-25-61(16,17)18)26-36(48-46(52)58-47(13,14)15)43(50)54-27-35-22-20-19-21-23-35/h19-23,29-34,36,38-40,42,45,49H,24-28H2,1-18H3,(H,48,52)/t36-,38+,39+,40-,42+,45-/m0/s1. The summed E-state index contributed by atoms with van der Waals surface area (Å²) in [6.45, 7) is 38.6. The van der Waals surface area contributed by atoms with E-state index >= 15 is 0 Å². The van der Waals surface area contributed by atoms with Crippen molar-refractivity contribution in [2.45, 2.75) is 217 Å². The van der Waals surface area contributed by atoms with Crippen LogP contribution in [-0.4, -0.2) is 103 Å². The molecular formula is C47H83NO11SSi3. The second-order valence-corrected chi connectivity index (χ2v) is 39.1. The van der Waals surface area contributed by atoms with Crippen LogP contribution >= 0.6 is 11.8 Å². The number of fused-ring (bicyclic) bond motifs is 1. The molecule has 0 bridgehead atoms. The second kappa shape index (κ2) is 23.0. The van der Waals surface area contributed by atoms with Gasteiger partial charge in [0.05, 0.1) is 24.6 Å². The van der Waals surface area contributed by atoms with Crippen molar-refractivity contribution in [1.82, 2.24) is 5.32 Å². The normalized spacial score (nSPS) is 21.8. The molecule has 0 unspecified atom stereocenters. The van der Waals surface area contributed by atoms with Gasteiger partial charge in [0.2, 0.25) is 14.6 Å². The molecule has 1 fully saturated rings. The fraction of sp³-hybridized carbons (Fsp3) is 0.766. The molecule has 1 amide bonds. The summed E-state index contributed by atoms with van der Waals surface area (Å²) in [5, 5.41) is 14.6. The van der Waals surface area contributed by atoms with Gasteiger partial charge in [-0.1, -0.05) is 133 Å². The Morgan fingerprint density at radius 1 is 0.810 bits per heavy atom. The minimum Gasteiger partial charge on any atom is -0.466 e. The molecule has 0 aromatic heterocycles. The van der Waals surface area contributed by atoms with Gasteiger partial charge in [0, 0.05) is 14.5 Å². The molecule has 0 radical (unpaired) electrons. The van der Waals surface area contributed by atoms with Crippen molar-refractivity contribution in [2.24, 2.45) is 0 Å². The molecule has 6 atom stereocenters. The summed E-state index contributed by atoms with van der Waals surface area (Å²) in [7, 11) is -6.68. The van der Waals surface area contributed by atoms with Gasteiger partial charge in [-0.05, 0) is 65.6 Å². The number of nitrogens with one attached hydrogen (secondary N) is 1. The highest BCUT2D eigenvalue weighted by atomic mass is 32.2. The molecule has 2 heterocycles. The molecule has 360 valence electrons. The number of carbonyl (C=O) groups is 3. The summed E-state index contributed by atoms with van der Waals surface area (Å²) in [5.41, 5.74) is 1.36. The van der Waals surface area contributed by atoms with Crippen LogP contribution in [0.4, 0.5) is 4.79 Å². The van der Waals surface area contributed by atoms with Crippen LogP contribution in [0.15, 0.2) is 41.0 Å². The minimum atomic E-state index is -2.67. The van der Waals surface area contributed by atoms with Gasteiger partial charge >= 0.3 is 18.0 Å². The Kier molecular flexibility index (Phi) is 20.1. The van der Waals surface area contributed by atoms with Crippen LogP contribution in [0, 0.1) is 0 Å². The summed E-state index contributed by atoms with van der Waals surface area (Å²) >= 11 is 1.19. The lowest BCUT2D eigenvalue weighted by Crippen LogP contribution is -2.65. The lowest BCUT2D eigenvalue weighted by atomic mass is 10.0. The summed E-state index contributed by atoms with van der Waals surface area (Å²) < 4.78 is 45.4. The van der Waals surface area contributed by atoms with E-state index in [0.717, 1.165) is 11.6 Å². The molecule has 63 heavy (non-hydrogen) atoms. The molecule has 2 aliphatic rings. The van der Waals surface area contributed by atoms with Gasteiger partial charge in [-0.15, -0.1) is 11.8 Å². The molecule has 1 saturated heterocycles. The first-order valence-electron chi connectivity index (χ1n) is 23.2. The van der Waals surface area contributed by atoms with Gasteiger partial charge in [0.15, 0.2) is 8.32 Å². The second-order valence-electron chi connectivity index (χ2n) is 21.5. The van der Waals surface area contributed by atoms with E-state index in [1.54, 1.807) is 20.8 Å². The van der Waals surface area contributed by atoms with Crippen molar-refractivity contribution in [2.75, 3.05) is 13.2 Å². The lowest BCUT2D eigenvalue weighted by molar-refractivity contribution is -0.240. The number of amides is 1. The first-order chi connectivity index (χ1) is 29.1. The third-order valence-corrected chi connectivity index (χ3v) is 27.8. The van der Waals surface area contributed by atoms with E-state index in [1.807, 2.05) is 30.3 Å². The average molecular weight is 955 g/mol. The number of benzene rings is 1. The number of aliphatic hydroxyl groups is 1. The SMILES string of the molecule is CC(C)[Si](OC[C@H]1O[C@@H]2OC(C[C@H](NC(=O)OC(C)(C)C)C(=O)OCc3ccccc3)=C(C(=O)OCC[Si](C)(C)C)S[C@@H]2[C@@H](O[Si](C(C)C)(C(C)C)C(C)C)[C@@H]1O)(C(C)C)C(C)C. The van der Waals surface area contributed by atoms with Gasteiger partial charge in [-0.3, -0.25) is 0 Å². The molecule has 1 aromatic rings. The van der Waals surface area contributed by atoms with E-state index in [-0.39, 0.29) is 53.5 Å². The lowest BCUT2D eigenvalue weighted by Gasteiger charge is -2.52. The predicted molar refractivity (Wildman–Crippen MR) is 260 cm³/mol. The number of thioether (sulfide) groups is 1. The molecule has 0 spiro atoms. The number of hydrogen-bond acceptors (Lipinski definition) is 12. The number of hydrogen-bond donors (Lipinski definition) is 2. The molecule has 0 aliphatic carbocycles. The zero-order valence-electron chi connectivity index (χ0n) is 41.8. The Bertz CT molecular complexity index is 1630. The monoisotopic (exact) mass is 953 g/mol. The number of ether oxygens (including phenoxy) is 5. The Morgan fingerprint density at radius 2 is 1.35 bits per heavy atom. The van der Waals surface area contributed by atoms with Gasteiger partial charge in [0.1, 0.15) is 41.1 Å². The van der Waals surface area contributed by atoms with Crippen LogP contribution in [0.1, 0.15) is 116 Å². The van der Waals surface area contributed by atoms with E-state index in [1.165, 1.54) is 11.8 Å². The maximum Gasteiger partial charge on any atom is 0.408 e. The minimum absolute atomic E-state index is 0.0417. The van der Waals surface area contributed by atoms with Gasteiger partial charge in [-0.25, -0.2) is 14.4 Å². The van der Waals surface area contributed by atoms with Crippen molar-refractivity contribution in [1.29, 1.82) is 0 Å². The Hall–Kier alpha value is -2.19. The van der Waals surface area contributed by atoms with Crippen LogP contribution in [0.2, 0.25) is 58.9 Å². The number of rotatable bonds is 21. The average Bonchev–Trinajstić information content (AvgIpc) is 3.14. The Labute approximate surface area is 387 Å². The summed E-state index contributed by atoms with van der Waals surface area (Å²) in [5.74, 6) is -1.27. The van der Waals surface area contributed by atoms with Gasteiger partial charge < -0.3 is 43.0 Å². The number of aliphatic hydroxyl groups excluding tert-OH is 1. The molecule has 2 aliphatic heterocycles. The van der Waals surface area contributed by atoms with Crippen LogP contribution in [0.5, 0.6) is 0 Å². The van der Waals surface area contributed by atoms with Crippen molar-refractivity contribution in [3.05, 3.63) is 46.6 Å². The highest BCUT2D eigenvalue weighted by Crippen LogP contribution is 2.50. The fourth-order valence-corrected chi connectivity index (χ4v) is 22.7. The Balaban J connectivity index is 2.21. The highest BCUT2D eigenvalue weighted by Gasteiger charge is 2.57. The van der Waals surface area contributed by atoms with E-state index in [4.69, 9.17) is 32.5 Å². The quantitative estimate of drug-likeness (QED) is 0.0686. The van der Waals surface area contributed by atoms with Crippen LogP contribution in [0.3, 0.4) is 0 Å². The number of alkyl carbamates (subject to hydrolysis) is 1. The molecule has 2 N–H and O–H groups in total. The summed E-state index contributed by atoms with van der Waals surface area (Å²) in [6, 6.07) is 8.64. The zero-order chi connectivity index (χ0) is 47.8. The van der Waals surface area contributed by atoms with E-state index in [0.29, 0.717) is 16.6 Å². The van der Waals surface area contributed by atoms with Crippen LogP contribution < -0.4 is 5.32 Å². The summed E-state index contributed by atoms with van der Waals surface area (Å²) in [4.78, 5) is 41.8. The molecular weight excluding hydrogens is 871 g/mol. The fourth-order valence-electron chi connectivity index (χ4n) is 9.63. The van der Waals surface area contributed by atoms with E-state index < -0.39 is 84.2 Å². The third-order valence-electron chi connectivity index (χ3n) is 12.5. The zero-order valence-corrected chi connectivity index (χ0v) is 45.6. The van der Waals surface area contributed by atoms with Gasteiger partial charge in [0.25, 0.3) is 0 Å². The van der Waals surface area contributed by atoms with E-state index in [9.17, 15) is 19.5 Å². The molecule has 12 nitrogen and oxygen atoms in total. The van der Waals surface area contributed by atoms with Crippen molar-refractivity contribution in [3.63, 3.8) is 0 Å². The first kappa shape index (κ1) is 55.1. The largest absolute Gasteiger partial charge is 0.466 e. The first-order valence-corrected chi connectivity index (χ1v) is 32.0. The molecule has 3 rings (SSSR count).